The third-order valence-electron chi connectivity index (χ3n) is 7.67. The summed E-state index contributed by atoms with van der Waals surface area (Å²) in [5, 5.41) is 0. The normalized spacial score (nSPS) is 28.7. The molecule has 142 valence electrons. The predicted molar refractivity (Wildman–Crippen MR) is 126 cm³/mol. The molecule has 0 N–H and O–H groups in total. The molecule has 0 nitrogen and oxygen atoms in total. The molecule has 2 aromatic rings. The lowest BCUT2D eigenvalue weighted by atomic mass is 9.51. The van der Waals surface area contributed by atoms with E-state index in [1.54, 1.807) is 0 Å². The smallest absolute Gasteiger partial charge is 0.0560 e. The van der Waals surface area contributed by atoms with Crippen LogP contribution < -0.4 is 0 Å². The van der Waals surface area contributed by atoms with Gasteiger partial charge in [0.2, 0.25) is 0 Å². The highest BCUT2D eigenvalue weighted by Crippen LogP contribution is 2.69. The molecule has 0 saturated heterocycles. The van der Waals surface area contributed by atoms with Crippen molar-refractivity contribution in [2.45, 2.75) is 18.8 Å². The number of hydrogen-bond donors (Lipinski definition) is 0. The zero-order valence-corrected chi connectivity index (χ0v) is 17.0. The van der Waals surface area contributed by atoms with Crippen LogP contribution in [0.5, 0.6) is 0 Å². The molecule has 0 bridgehead atoms. The molecule has 5 aliphatic rings. The van der Waals surface area contributed by atoms with Crippen LogP contribution in [-0.2, 0) is 5.41 Å². The van der Waals surface area contributed by atoms with Crippen LogP contribution in [0, 0.1) is 12.3 Å². The molecule has 0 fully saturated rings. The van der Waals surface area contributed by atoms with Crippen molar-refractivity contribution in [3.05, 3.63) is 136 Å². The van der Waals surface area contributed by atoms with Gasteiger partial charge in [-0.25, -0.2) is 0 Å². The quantitative estimate of drug-likeness (QED) is 0.455. The average Bonchev–Trinajstić information content (AvgIpc) is 3.12. The predicted octanol–water partition coefficient (Wildman–Crippen LogP) is 7.12. The topological polar surface area (TPSA) is 0 Å². The molecule has 2 spiro atoms. The first-order chi connectivity index (χ1) is 14.7. The van der Waals surface area contributed by atoms with Crippen molar-refractivity contribution in [2.75, 3.05) is 0 Å². The average molecular weight is 383 g/mol. The number of fused-ring (bicyclic) bond motifs is 5. The Bertz CT molecular complexity index is 1360. The summed E-state index contributed by atoms with van der Waals surface area (Å²) in [6.07, 6.45) is 24.6. The number of rotatable bonds is 0. The van der Waals surface area contributed by atoms with Crippen molar-refractivity contribution in [2.24, 2.45) is 5.41 Å². The summed E-state index contributed by atoms with van der Waals surface area (Å²) >= 11 is 0. The second kappa shape index (κ2) is 5.40. The molecule has 5 aliphatic carbocycles. The fourth-order valence-electron chi connectivity index (χ4n) is 6.43. The highest BCUT2D eigenvalue weighted by molar-refractivity contribution is 5.99. The lowest BCUT2D eigenvalue weighted by Crippen LogP contribution is -2.44. The molecule has 0 aromatic heterocycles. The van der Waals surface area contributed by atoms with Gasteiger partial charge in [-0.05, 0) is 57.9 Å². The third-order valence-corrected chi connectivity index (χ3v) is 7.67. The SMILES string of the molecule is Cc1ccc2c(c1)C1=CC3=C4CC=CC=C4c4ccccc4C34C=CC=CC14C=C2. The van der Waals surface area contributed by atoms with E-state index in [1.165, 1.54) is 50.1 Å². The molecule has 7 rings (SSSR count). The fourth-order valence-corrected chi connectivity index (χ4v) is 6.43. The second-order valence-electron chi connectivity index (χ2n) is 9.03. The van der Waals surface area contributed by atoms with Gasteiger partial charge in [0.1, 0.15) is 0 Å². The summed E-state index contributed by atoms with van der Waals surface area (Å²) in [6.45, 7) is 2.20. The number of allylic oxidation sites excluding steroid dienone is 13. The molecule has 30 heavy (non-hydrogen) atoms. The van der Waals surface area contributed by atoms with Gasteiger partial charge in [0.25, 0.3) is 0 Å². The highest BCUT2D eigenvalue weighted by atomic mass is 14.6. The van der Waals surface area contributed by atoms with E-state index < -0.39 is 0 Å². The molecule has 0 radical (unpaired) electrons. The second-order valence-corrected chi connectivity index (χ2v) is 9.03. The van der Waals surface area contributed by atoms with E-state index in [2.05, 4.69) is 110 Å². The third kappa shape index (κ3) is 1.71. The Morgan fingerprint density at radius 2 is 1.77 bits per heavy atom. The van der Waals surface area contributed by atoms with Crippen LogP contribution in [0.15, 0.2) is 108 Å². The van der Waals surface area contributed by atoms with Crippen molar-refractivity contribution >= 4 is 17.2 Å². The Hall–Kier alpha value is -3.38. The standard InChI is InChI=1S/C30H22/c1-20-12-13-21-14-17-29-15-6-7-16-30(29)26-11-5-4-9-23(26)22-8-2-3-10-24(22)28(30)19-27(29)25(21)18-20/h2-9,11-19H,10H2,1H3. The van der Waals surface area contributed by atoms with Gasteiger partial charge >= 0.3 is 0 Å². The summed E-state index contributed by atoms with van der Waals surface area (Å²) in [4.78, 5) is 0. The largest absolute Gasteiger partial charge is 0.0801 e. The van der Waals surface area contributed by atoms with Gasteiger partial charge < -0.3 is 0 Å². The zero-order valence-electron chi connectivity index (χ0n) is 17.0. The fraction of sp³-hybridized carbons (Fsp3) is 0.133. The Balaban J connectivity index is 1.65. The van der Waals surface area contributed by atoms with E-state index in [9.17, 15) is 0 Å². The zero-order chi connectivity index (χ0) is 19.9. The number of aryl methyl sites for hydroxylation is 1. The van der Waals surface area contributed by atoms with Crippen LogP contribution >= 0.6 is 0 Å². The van der Waals surface area contributed by atoms with Crippen molar-refractivity contribution in [1.29, 1.82) is 0 Å². The van der Waals surface area contributed by atoms with Crippen molar-refractivity contribution < 1.29 is 0 Å². The van der Waals surface area contributed by atoms with Crippen LogP contribution in [-0.4, -0.2) is 0 Å². The van der Waals surface area contributed by atoms with Gasteiger partial charge in [0.15, 0.2) is 0 Å². The van der Waals surface area contributed by atoms with Crippen LogP contribution in [0.4, 0.5) is 0 Å². The molecule has 2 aromatic carbocycles. The molecule has 0 aliphatic heterocycles. The summed E-state index contributed by atoms with van der Waals surface area (Å²) in [5.41, 5.74) is 12.3. The van der Waals surface area contributed by atoms with E-state index >= 15 is 0 Å². The van der Waals surface area contributed by atoms with E-state index in [-0.39, 0.29) is 10.8 Å². The molecule has 0 heteroatoms. The van der Waals surface area contributed by atoms with Gasteiger partial charge in [0, 0.05) is 5.41 Å². The molecule has 0 amide bonds. The molecular weight excluding hydrogens is 360 g/mol. The van der Waals surface area contributed by atoms with Crippen LogP contribution in [0.2, 0.25) is 0 Å². The van der Waals surface area contributed by atoms with Gasteiger partial charge in [-0.15, -0.1) is 0 Å². The first-order valence-corrected chi connectivity index (χ1v) is 10.8. The maximum absolute atomic E-state index is 2.53. The van der Waals surface area contributed by atoms with E-state index in [0.29, 0.717) is 0 Å². The minimum Gasteiger partial charge on any atom is -0.0801 e. The monoisotopic (exact) mass is 382 g/mol. The van der Waals surface area contributed by atoms with Crippen LogP contribution in [0.1, 0.15) is 34.2 Å². The van der Waals surface area contributed by atoms with Gasteiger partial charge in [0.05, 0.1) is 5.41 Å². The Kier molecular flexibility index (Phi) is 2.96. The van der Waals surface area contributed by atoms with Gasteiger partial charge in [-0.2, -0.15) is 0 Å². The maximum Gasteiger partial charge on any atom is 0.0560 e. The van der Waals surface area contributed by atoms with Crippen molar-refractivity contribution in [1.82, 2.24) is 0 Å². The minimum atomic E-state index is -0.177. The van der Waals surface area contributed by atoms with Crippen molar-refractivity contribution in [3.63, 3.8) is 0 Å². The van der Waals surface area contributed by atoms with Gasteiger partial charge in [-0.3, -0.25) is 0 Å². The number of hydrogen-bond acceptors (Lipinski definition) is 0. The lowest BCUT2D eigenvalue weighted by molar-refractivity contribution is 0.451. The van der Waals surface area contributed by atoms with E-state index in [0.717, 1.165) is 6.42 Å². The minimum absolute atomic E-state index is 0.173. The summed E-state index contributed by atoms with van der Waals surface area (Å²) in [5.74, 6) is 0. The first kappa shape index (κ1) is 16.4. The summed E-state index contributed by atoms with van der Waals surface area (Å²) in [7, 11) is 0. The Morgan fingerprint density at radius 1 is 0.867 bits per heavy atom. The maximum atomic E-state index is 2.53. The van der Waals surface area contributed by atoms with Gasteiger partial charge in [-0.1, -0.05) is 109 Å². The van der Waals surface area contributed by atoms with Crippen LogP contribution in [0.3, 0.4) is 0 Å². The highest BCUT2D eigenvalue weighted by Gasteiger charge is 2.60. The first-order valence-electron chi connectivity index (χ1n) is 10.8. The van der Waals surface area contributed by atoms with Crippen molar-refractivity contribution in [3.8, 4) is 0 Å². The molecular formula is C30H22. The molecule has 2 atom stereocenters. The van der Waals surface area contributed by atoms with E-state index in [1.807, 2.05) is 0 Å². The molecule has 2 unspecified atom stereocenters. The lowest BCUT2D eigenvalue weighted by Gasteiger charge is -2.50. The Morgan fingerprint density at radius 3 is 2.73 bits per heavy atom. The Labute approximate surface area is 177 Å². The number of benzene rings is 2. The molecule has 0 saturated carbocycles. The van der Waals surface area contributed by atoms with Crippen LogP contribution in [0.25, 0.3) is 17.2 Å². The summed E-state index contributed by atoms with van der Waals surface area (Å²) < 4.78 is 0. The van der Waals surface area contributed by atoms with E-state index in [4.69, 9.17) is 0 Å². The summed E-state index contributed by atoms with van der Waals surface area (Å²) in [6, 6.07) is 15.9. The molecule has 0 heterocycles.